The van der Waals surface area contributed by atoms with Crippen molar-refractivity contribution in [2.24, 2.45) is 0 Å². The molecular weight excluding hydrogens is 284 g/mol. The van der Waals surface area contributed by atoms with Gasteiger partial charge in [0.2, 0.25) is 0 Å². The van der Waals surface area contributed by atoms with Gasteiger partial charge in [-0.2, -0.15) is 0 Å². The Morgan fingerprint density at radius 1 is 1.50 bits per heavy atom. The summed E-state index contributed by atoms with van der Waals surface area (Å²) in [6.07, 6.45) is 4.19. The van der Waals surface area contributed by atoms with E-state index in [0.29, 0.717) is 30.7 Å². The van der Waals surface area contributed by atoms with E-state index in [4.69, 9.17) is 4.74 Å². The van der Waals surface area contributed by atoms with Gasteiger partial charge in [0, 0.05) is 32.5 Å². The average Bonchev–Trinajstić information content (AvgIpc) is 3.35. The highest BCUT2D eigenvalue weighted by molar-refractivity contribution is 5.93. The molecule has 22 heavy (non-hydrogen) atoms. The largest absolute Gasteiger partial charge is 0.385 e. The number of fused-ring (bicyclic) bond motifs is 1. The third kappa shape index (κ3) is 2.85. The van der Waals surface area contributed by atoms with Crippen molar-refractivity contribution in [2.75, 3.05) is 20.3 Å². The first kappa shape index (κ1) is 14.6. The van der Waals surface area contributed by atoms with E-state index in [9.17, 15) is 9.59 Å². The van der Waals surface area contributed by atoms with Crippen LogP contribution in [0.5, 0.6) is 0 Å². The molecule has 0 aliphatic heterocycles. The Kier molecular flexibility index (Phi) is 4.15. The molecule has 1 N–H and O–H groups in total. The van der Waals surface area contributed by atoms with Gasteiger partial charge >= 0.3 is 0 Å². The van der Waals surface area contributed by atoms with Crippen molar-refractivity contribution in [3.63, 3.8) is 0 Å². The molecule has 1 amide bonds. The maximum Gasteiger partial charge on any atom is 0.284 e. The topological polar surface area (TPSA) is 86.1 Å². The van der Waals surface area contributed by atoms with Crippen molar-refractivity contribution in [1.29, 1.82) is 0 Å². The van der Waals surface area contributed by atoms with Crippen LogP contribution in [0.3, 0.4) is 0 Å². The maximum absolute atomic E-state index is 12.6. The molecule has 0 radical (unpaired) electrons. The molecule has 0 aromatic carbocycles. The Bertz CT molecular complexity index is 752. The quantitative estimate of drug-likeness (QED) is 0.801. The third-order valence-corrected chi connectivity index (χ3v) is 3.59. The highest BCUT2D eigenvalue weighted by atomic mass is 16.5. The molecule has 116 valence electrons. The Morgan fingerprint density at radius 3 is 3.05 bits per heavy atom. The van der Waals surface area contributed by atoms with Gasteiger partial charge in [0.15, 0.2) is 11.3 Å². The summed E-state index contributed by atoms with van der Waals surface area (Å²) in [4.78, 5) is 33.2. The van der Waals surface area contributed by atoms with Crippen molar-refractivity contribution >= 4 is 17.1 Å². The minimum absolute atomic E-state index is 0.0650. The van der Waals surface area contributed by atoms with Crippen molar-refractivity contribution in [3.05, 3.63) is 34.4 Å². The number of pyridine rings is 1. The van der Waals surface area contributed by atoms with Gasteiger partial charge in [-0.05, 0) is 31.4 Å². The number of amides is 1. The minimum Gasteiger partial charge on any atom is -0.385 e. The first-order valence-corrected chi connectivity index (χ1v) is 7.36. The smallest absolute Gasteiger partial charge is 0.284 e. The van der Waals surface area contributed by atoms with E-state index in [1.54, 1.807) is 30.0 Å². The van der Waals surface area contributed by atoms with Gasteiger partial charge in [-0.25, -0.2) is 9.97 Å². The third-order valence-electron chi connectivity index (χ3n) is 3.59. The van der Waals surface area contributed by atoms with Gasteiger partial charge < -0.3 is 10.1 Å². The van der Waals surface area contributed by atoms with Crippen LogP contribution in [0, 0.1) is 0 Å². The number of carbonyl (C=O) groups is 1. The molecule has 7 nitrogen and oxygen atoms in total. The molecule has 2 heterocycles. The highest BCUT2D eigenvalue weighted by Crippen LogP contribution is 2.35. The number of nitrogens with zero attached hydrogens (tertiary/aromatic N) is 3. The molecule has 1 aliphatic rings. The van der Waals surface area contributed by atoms with Crippen LogP contribution in [-0.4, -0.2) is 40.7 Å². The summed E-state index contributed by atoms with van der Waals surface area (Å²) < 4.78 is 6.53. The fraction of sp³-hybridized carbons (Fsp3) is 0.467. The second-order valence-corrected chi connectivity index (χ2v) is 5.32. The Hall–Kier alpha value is -2.28. The minimum atomic E-state index is -0.443. The van der Waals surface area contributed by atoms with Gasteiger partial charge in [-0.3, -0.25) is 14.2 Å². The summed E-state index contributed by atoms with van der Waals surface area (Å²) in [5.41, 5.74) is 0.685. The lowest BCUT2D eigenvalue weighted by molar-refractivity contribution is 0.0941. The molecule has 0 unspecified atom stereocenters. The molecule has 2 aromatic heterocycles. The zero-order chi connectivity index (χ0) is 15.5. The van der Waals surface area contributed by atoms with E-state index >= 15 is 0 Å². The predicted molar refractivity (Wildman–Crippen MR) is 80.9 cm³/mol. The predicted octanol–water partition coefficient (Wildman–Crippen LogP) is 0.893. The summed E-state index contributed by atoms with van der Waals surface area (Å²) in [5.74, 6) is -0.443. The lowest BCUT2D eigenvalue weighted by Crippen LogP contribution is -2.35. The number of hydrogen-bond donors (Lipinski definition) is 1. The van der Waals surface area contributed by atoms with Crippen molar-refractivity contribution in [3.8, 4) is 0 Å². The molecule has 2 aromatic rings. The number of methoxy groups -OCH3 is 1. The number of carbonyl (C=O) groups excluding carboxylic acids is 1. The van der Waals surface area contributed by atoms with E-state index in [2.05, 4.69) is 15.3 Å². The lowest BCUT2D eigenvalue weighted by atomic mass is 10.3. The number of aromatic nitrogens is 3. The molecule has 3 rings (SSSR count). The maximum atomic E-state index is 12.6. The second kappa shape index (κ2) is 6.23. The monoisotopic (exact) mass is 302 g/mol. The zero-order valence-electron chi connectivity index (χ0n) is 12.4. The van der Waals surface area contributed by atoms with Crippen LogP contribution in [0.25, 0.3) is 11.2 Å². The normalized spacial score (nSPS) is 14.2. The molecule has 1 saturated carbocycles. The molecule has 7 heteroatoms. The van der Waals surface area contributed by atoms with E-state index in [0.717, 1.165) is 12.8 Å². The molecular formula is C15H18N4O3. The van der Waals surface area contributed by atoms with Crippen molar-refractivity contribution < 1.29 is 9.53 Å². The van der Waals surface area contributed by atoms with E-state index < -0.39 is 5.91 Å². The van der Waals surface area contributed by atoms with E-state index in [1.165, 1.54) is 0 Å². The fourth-order valence-corrected chi connectivity index (χ4v) is 2.36. The zero-order valence-corrected chi connectivity index (χ0v) is 12.4. The van der Waals surface area contributed by atoms with E-state index in [-0.39, 0.29) is 17.3 Å². The second-order valence-electron chi connectivity index (χ2n) is 5.32. The lowest BCUT2D eigenvalue weighted by Gasteiger charge is -2.10. The van der Waals surface area contributed by atoms with Crippen molar-refractivity contribution in [1.82, 2.24) is 19.9 Å². The van der Waals surface area contributed by atoms with Crippen LogP contribution < -0.4 is 10.9 Å². The molecule has 0 atom stereocenters. The fourth-order valence-electron chi connectivity index (χ4n) is 2.36. The highest BCUT2D eigenvalue weighted by Gasteiger charge is 2.29. The Balaban J connectivity index is 1.94. The first-order valence-electron chi connectivity index (χ1n) is 7.36. The van der Waals surface area contributed by atoms with Crippen LogP contribution in [0.4, 0.5) is 0 Å². The standard InChI is InChI=1S/C15H18N4O3/c1-22-9-3-8-17-14(20)12-15(21)19(10-5-6-10)13-11(18-12)4-2-7-16-13/h2,4,7,10H,3,5-6,8-9H2,1H3,(H,17,20). The summed E-state index contributed by atoms with van der Waals surface area (Å²) in [6.45, 7) is 1.00. The van der Waals surface area contributed by atoms with Crippen LogP contribution in [-0.2, 0) is 4.74 Å². The van der Waals surface area contributed by atoms with Crippen molar-refractivity contribution in [2.45, 2.75) is 25.3 Å². The summed E-state index contributed by atoms with van der Waals surface area (Å²) in [7, 11) is 1.61. The van der Waals surface area contributed by atoms with E-state index in [1.807, 2.05) is 0 Å². The van der Waals surface area contributed by atoms with Crippen LogP contribution in [0.1, 0.15) is 35.8 Å². The van der Waals surface area contributed by atoms with Gasteiger partial charge in [-0.1, -0.05) is 0 Å². The number of hydrogen-bond acceptors (Lipinski definition) is 5. The molecule has 0 bridgehead atoms. The summed E-state index contributed by atoms with van der Waals surface area (Å²) in [5, 5.41) is 2.71. The SMILES string of the molecule is COCCCNC(=O)c1nc2cccnc2n(C2CC2)c1=O. The van der Waals surface area contributed by atoms with Gasteiger partial charge in [0.05, 0.1) is 0 Å². The van der Waals surface area contributed by atoms with Crippen LogP contribution in [0.15, 0.2) is 23.1 Å². The van der Waals surface area contributed by atoms with Gasteiger partial charge in [0.25, 0.3) is 11.5 Å². The van der Waals surface area contributed by atoms with Gasteiger partial charge in [-0.15, -0.1) is 0 Å². The first-order chi connectivity index (χ1) is 10.7. The average molecular weight is 302 g/mol. The Morgan fingerprint density at radius 2 is 2.32 bits per heavy atom. The Labute approximate surface area is 127 Å². The summed E-state index contributed by atoms with van der Waals surface area (Å²) in [6, 6.07) is 3.65. The summed E-state index contributed by atoms with van der Waals surface area (Å²) >= 11 is 0. The molecule has 1 aliphatic carbocycles. The van der Waals surface area contributed by atoms with Crippen LogP contribution in [0.2, 0.25) is 0 Å². The number of rotatable bonds is 6. The number of ether oxygens (including phenoxy) is 1. The molecule has 0 spiro atoms. The van der Waals surface area contributed by atoms with Gasteiger partial charge in [0.1, 0.15) is 5.52 Å². The molecule has 1 fully saturated rings. The number of nitrogens with one attached hydrogen (secondary N) is 1. The molecule has 0 saturated heterocycles. The van der Waals surface area contributed by atoms with Crippen LogP contribution >= 0.6 is 0 Å².